The molecule has 162 valence electrons. The Labute approximate surface area is 169 Å². The molecule has 1 aromatic heterocycles. The fourth-order valence-electron chi connectivity index (χ4n) is 3.75. The summed E-state index contributed by atoms with van der Waals surface area (Å²) in [5.41, 5.74) is 3.89. The van der Waals surface area contributed by atoms with E-state index in [1.54, 1.807) is 12.1 Å². The van der Waals surface area contributed by atoms with E-state index in [9.17, 15) is 26.7 Å². The number of alkyl halides is 5. The van der Waals surface area contributed by atoms with Gasteiger partial charge in [0, 0.05) is 24.4 Å². The number of hydrogen-bond acceptors (Lipinski definition) is 4. The molecular weight excluding hydrogens is 409 g/mol. The number of aromatic nitrogens is 1. The second-order valence-corrected chi connectivity index (χ2v) is 6.95. The number of piperidine rings is 1. The van der Waals surface area contributed by atoms with Crippen LogP contribution in [0.2, 0.25) is 0 Å². The van der Waals surface area contributed by atoms with Crippen LogP contribution in [0.1, 0.15) is 45.4 Å². The summed E-state index contributed by atoms with van der Waals surface area (Å²) >= 11 is 0. The molecule has 5 nitrogen and oxygen atoms in total. The number of benzene rings is 1. The van der Waals surface area contributed by atoms with Gasteiger partial charge in [0.2, 0.25) is 5.88 Å². The quantitative estimate of drug-likeness (QED) is 0.687. The Morgan fingerprint density at radius 2 is 1.93 bits per heavy atom. The zero-order valence-corrected chi connectivity index (χ0v) is 15.8. The molecule has 1 amide bonds. The highest BCUT2D eigenvalue weighted by Crippen LogP contribution is 2.42. The number of halogens is 5. The monoisotopic (exact) mass is 429 g/mol. The van der Waals surface area contributed by atoms with Crippen LogP contribution < -0.4 is 15.8 Å². The SMILES string of the molecule is NC(=O)c1c(C(F)(F)F)cc(OCC(F)F)nc1C1CCNCC1c1ccccc1. The molecule has 1 aromatic carbocycles. The van der Waals surface area contributed by atoms with Gasteiger partial charge in [-0.3, -0.25) is 4.79 Å². The summed E-state index contributed by atoms with van der Waals surface area (Å²) in [5, 5.41) is 3.18. The first kappa shape index (κ1) is 21.9. The van der Waals surface area contributed by atoms with Gasteiger partial charge in [-0.05, 0) is 18.5 Å². The van der Waals surface area contributed by atoms with Crippen LogP contribution in [0, 0.1) is 0 Å². The Kier molecular flexibility index (Phi) is 6.55. The first-order valence-corrected chi connectivity index (χ1v) is 9.27. The van der Waals surface area contributed by atoms with Gasteiger partial charge in [0.15, 0.2) is 6.61 Å². The zero-order valence-electron chi connectivity index (χ0n) is 15.8. The normalized spacial score (nSPS) is 19.7. The maximum absolute atomic E-state index is 13.7. The average Bonchev–Trinajstić information content (AvgIpc) is 2.71. The van der Waals surface area contributed by atoms with Gasteiger partial charge in [0.1, 0.15) is 0 Å². The Morgan fingerprint density at radius 3 is 2.53 bits per heavy atom. The van der Waals surface area contributed by atoms with Crippen molar-refractivity contribution in [2.75, 3.05) is 19.7 Å². The molecule has 2 atom stereocenters. The van der Waals surface area contributed by atoms with Crippen molar-refractivity contribution in [1.29, 1.82) is 0 Å². The number of pyridine rings is 1. The molecule has 0 bridgehead atoms. The van der Waals surface area contributed by atoms with Crippen LogP contribution in [0.5, 0.6) is 5.88 Å². The average molecular weight is 429 g/mol. The van der Waals surface area contributed by atoms with E-state index < -0.39 is 48.0 Å². The van der Waals surface area contributed by atoms with E-state index in [1.807, 2.05) is 18.2 Å². The van der Waals surface area contributed by atoms with Gasteiger partial charge in [-0.1, -0.05) is 30.3 Å². The van der Waals surface area contributed by atoms with Gasteiger partial charge < -0.3 is 15.8 Å². The van der Waals surface area contributed by atoms with Crippen molar-refractivity contribution in [2.24, 2.45) is 5.73 Å². The van der Waals surface area contributed by atoms with E-state index in [4.69, 9.17) is 10.5 Å². The summed E-state index contributed by atoms with van der Waals surface area (Å²) in [6, 6.07) is 9.51. The molecule has 0 spiro atoms. The van der Waals surface area contributed by atoms with Crippen molar-refractivity contribution < 1.29 is 31.5 Å². The molecule has 1 fully saturated rings. The van der Waals surface area contributed by atoms with Crippen molar-refractivity contribution in [3.05, 3.63) is 58.8 Å². The number of nitrogens with zero attached hydrogens (tertiary/aromatic N) is 1. The third kappa shape index (κ3) is 4.86. The standard InChI is InChI=1S/C20H20F5N3O2/c21-15(22)10-30-16-8-14(20(23,24)25)17(19(26)29)18(28-16)12-6-7-27-9-13(12)11-4-2-1-3-5-11/h1-5,8,12-13,15,27H,6-7,9-10H2,(H2,26,29). The van der Waals surface area contributed by atoms with Gasteiger partial charge in [-0.25, -0.2) is 13.8 Å². The summed E-state index contributed by atoms with van der Waals surface area (Å²) in [5.74, 6) is -2.78. The highest BCUT2D eigenvalue weighted by atomic mass is 19.4. The minimum atomic E-state index is -4.94. The van der Waals surface area contributed by atoms with Crippen LogP contribution in [0.3, 0.4) is 0 Å². The van der Waals surface area contributed by atoms with E-state index in [0.29, 0.717) is 25.6 Å². The highest BCUT2D eigenvalue weighted by molar-refractivity contribution is 5.96. The van der Waals surface area contributed by atoms with E-state index >= 15 is 0 Å². The van der Waals surface area contributed by atoms with Crippen molar-refractivity contribution in [1.82, 2.24) is 10.3 Å². The fourth-order valence-corrected chi connectivity index (χ4v) is 3.75. The predicted octanol–water partition coefficient (Wildman–Crippen LogP) is 3.70. The molecule has 0 aliphatic carbocycles. The molecule has 2 heterocycles. The van der Waals surface area contributed by atoms with E-state index in [2.05, 4.69) is 10.3 Å². The number of primary amides is 1. The topological polar surface area (TPSA) is 77.2 Å². The lowest BCUT2D eigenvalue weighted by molar-refractivity contribution is -0.138. The number of carbonyl (C=O) groups excluding carboxylic acids is 1. The van der Waals surface area contributed by atoms with E-state index in [0.717, 1.165) is 5.56 Å². The van der Waals surface area contributed by atoms with Crippen LogP contribution in [0.15, 0.2) is 36.4 Å². The van der Waals surface area contributed by atoms with Crippen LogP contribution in [0.25, 0.3) is 0 Å². The molecular formula is C20H20F5N3O2. The number of hydrogen-bond donors (Lipinski definition) is 2. The van der Waals surface area contributed by atoms with Crippen LogP contribution in [0.4, 0.5) is 22.0 Å². The minimum Gasteiger partial charge on any atom is -0.472 e. The molecule has 1 aliphatic heterocycles. The molecule has 10 heteroatoms. The van der Waals surface area contributed by atoms with Crippen LogP contribution in [-0.4, -0.2) is 37.0 Å². The maximum Gasteiger partial charge on any atom is 0.417 e. The first-order valence-electron chi connectivity index (χ1n) is 9.27. The largest absolute Gasteiger partial charge is 0.472 e. The molecule has 2 aromatic rings. The third-order valence-corrected chi connectivity index (χ3v) is 4.99. The summed E-state index contributed by atoms with van der Waals surface area (Å²) in [6.45, 7) is -0.191. The molecule has 3 N–H and O–H groups in total. The smallest absolute Gasteiger partial charge is 0.417 e. The van der Waals surface area contributed by atoms with Gasteiger partial charge in [-0.15, -0.1) is 0 Å². The van der Waals surface area contributed by atoms with Crippen molar-refractivity contribution >= 4 is 5.91 Å². The molecule has 0 saturated carbocycles. The van der Waals surface area contributed by atoms with Gasteiger partial charge in [0.05, 0.1) is 16.8 Å². The molecule has 1 saturated heterocycles. The highest BCUT2D eigenvalue weighted by Gasteiger charge is 2.41. The Morgan fingerprint density at radius 1 is 1.23 bits per heavy atom. The minimum absolute atomic E-state index is 0.183. The first-order chi connectivity index (χ1) is 14.2. The molecule has 2 unspecified atom stereocenters. The number of ether oxygens (including phenoxy) is 1. The molecule has 1 aliphatic rings. The van der Waals surface area contributed by atoms with E-state index in [1.165, 1.54) is 0 Å². The fraction of sp³-hybridized carbons (Fsp3) is 0.400. The van der Waals surface area contributed by atoms with Crippen LogP contribution in [-0.2, 0) is 6.18 Å². The lowest BCUT2D eigenvalue weighted by Gasteiger charge is -2.33. The van der Waals surface area contributed by atoms with Crippen molar-refractivity contribution in [2.45, 2.75) is 30.9 Å². The lowest BCUT2D eigenvalue weighted by Crippen LogP contribution is -2.36. The third-order valence-electron chi connectivity index (χ3n) is 4.99. The lowest BCUT2D eigenvalue weighted by atomic mass is 9.77. The van der Waals surface area contributed by atoms with Crippen molar-refractivity contribution in [3.63, 3.8) is 0 Å². The number of nitrogens with one attached hydrogen (secondary N) is 1. The summed E-state index contributed by atoms with van der Waals surface area (Å²) in [4.78, 5) is 16.1. The van der Waals surface area contributed by atoms with Gasteiger partial charge >= 0.3 is 6.18 Å². The maximum atomic E-state index is 13.7. The molecule has 0 radical (unpaired) electrons. The molecule has 30 heavy (non-hydrogen) atoms. The van der Waals surface area contributed by atoms with Crippen LogP contribution >= 0.6 is 0 Å². The number of carbonyl (C=O) groups is 1. The molecule has 3 rings (SSSR count). The van der Waals surface area contributed by atoms with Gasteiger partial charge in [-0.2, -0.15) is 13.2 Å². The Bertz CT molecular complexity index is 890. The second kappa shape index (κ2) is 8.95. The Balaban J connectivity index is 2.16. The number of amides is 1. The summed E-state index contributed by atoms with van der Waals surface area (Å²) < 4.78 is 71.0. The number of rotatable bonds is 6. The second-order valence-electron chi connectivity index (χ2n) is 6.95. The zero-order chi connectivity index (χ0) is 21.9. The predicted molar refractivity (Wildman–Crippen MR) is 98.7 cm³/mol. The summed E-state index contributed by atoms with van der Waals surface area (Å²) in [6.07, 6.45) is -7.46. The number of nitrogens with two attached hydrogens (primary N) is 1. The summed E-state index contributed by atoms with van der Waals surface area (Å²) in [7, 11) is 0. The van der Waals surface area contributed by atoms with E-state index in [-0.39, 0.29) is 11.6 Å². The Hall–Kier alpha value is -2.75. The van der Waals surface area contributed by atoms with Gasteiger partial charge in [0.25, 0.3) is 12.3 Å². The van der Waals surface area contributed by atoms with Crippen molar-refractivity contribution in [3.8, 4) is 5.88 Å².